The minimum atomic E-state index is -3.70. The van der Waals surface area contributed by atoms with Gasteiger partial charge >= 0.3 is 0 Å². The summed E-state index contributed by atoms with van der Waals surface area (Å²) in [6.07, 6.45) is 4.99. The highest BCUT2D eigenvalue weighted by molar-refractivity contribution is 7.90. The predicted molar refractivity (Wildman–Crippen MR) is 105 cm³/mol. The van der Waals surface area contributed by atoms with E-state index in [9.17, 15) is 8.42 Å². The van der Waals surface area contributed by atoms with Gasteiger partial charge in [0.15, 0.2) is 0 Å². The Labute approximate surface area is 159 Å². The van der Waals surface area contributed by atoms with Crippen molar-refractivity contribution in [1.29, 1.82) is 0 Å². The van der Waals surface area contributed by atoms with E-state index in [1.165, 1.54) is 16.5 Å². The third-order valence-corrected chi connectivity index (χ3v) is 7.15. The van der Waals surface area contributed by atoms with Gasteiger partial charge < -0.3 is 4.90 Å². The van der Waals surface area contributed by atoms with Crippen LogP contribution in [0.3, 0.4) is 0 Å². The van der Waals surface area contributed by atoms with Crippen LogP contribution >= 0.6 is 11.6 Å². The standard InChI is InChI=1S/C20H21ClN2O2S/c1-22-11-5-7-17(22)12-15-14-23(20-10-3-2-9-19(15)20)26(24,25)18-8-4-6-16(21)13-18/h2-4,6,8-10,13-14,17H,5,7,11-12H2,1H3/t17-/m0/s1. The highest BCUT2D eigenvalue weighted by Crippen LogP contribution is 2.29. The summed E-state index contributed by atoms with van der Waals surface area (Å²) in [6, 6.07) is 14.6. The van der Waals surface area contributed by atoms with Crippen molar-refractivity contribution < 1.29 is 8.42 Å². The number of likely N-dealkylation sites (tertiary alicyclic amines) is 1. The Morgan fingerprint density at radius 2 is 1.96 bits per heavy atom. The van der Waals surface area contributed by atoms with Crippen LogP contribution in [-0.4, -0.2) is 36.9 Å². The van der Waals surface area contributed by atoms with Gasteiger partial charge in [-0.3, -0.25) is 0 Å². The average molecular weight is 389 g/mol. The average Bonchev–Trinajstić information content (AvgIpc) is 3.20. The first kappa shape index (κ1) is 17.6. The molecule has 26 heavy (non-hydrogen) atoms. The number of halogens is 1. The molecular formula is C20H21ClN2O2S. The van der Waals surface area contributed by atoms with E-state index in [0.29, 0.717) is 16.6 Å². The molecule has 3 aromatic rings. The zero-order chi connectivity index (χ0) is 18.3. The fraction of sp³-hybridized carbons (Fsp3) is 0.300. The van der Waals surface area contributed by atoms with E-state index >= 15 is 0 Å². The number of hydrogen-bond donors (Lipinski definition) is 0. The van der Waals surface area contributed by atoms with Gasteiger partial charge in [-0.25, -0.2) is 12.4 Å². The van der Waals surface area contributed by atoms with Crippen molar-refractivity contribution in [2.24, 2.45) is 0 Å². The molecule has 1 atom stereocenters. The number of para-hydroxylation sites is 1. The van der Waals surface area contributed by atoms with E-state index in [-0.39, 0.29) is 4.90 Å². The van der Waals surface area contributed by atoms with Crippen LogP contribution in [0.5, 0.6) is 0 Å². The van der Waals surface area contributed by atoms with E-state index in [2.05, 4.69) is 11.9 Å². The highest BCUT2D eigenvalue weighted by atomic mass is 35.5. The molecule has 1 aliphatic heterocycles. The SMILES string of the molecule is CN1CCC[C@H]1Cc1cn(S(=O)(=O)c2cccc(Cl)c2)c2ccccc12. The van der Waals surface area contributed by atoms with Crippen molar-refractivity contribution in [2.75, 3.05) is 13.6 Å². The van der Waals surface area contributed by atoms with Crippen LogP contribution in [0, 0.1) is 0 Å². The van der Waals surface area contributed by atoms with Crippen LogP contribution in [-0.2, 0) is 16.4 Å². The summed E-state index contributed by atoms with van der Waals surface area (Å²) in [7, 11) is -1.56. The third-order valence-electron chi connectivity index (χ3n) is 5.24. The van der Waals surface area contributed by atoms with Crippen molar-refractivity contribution in [1.82, 2.24) is 8.87 Å². The molecule has 0 radical (unpaired) electrons. The third kappa shape index (κ3) is 3.04. The van der Waals surface area contributed by atoms with Gasteiger partial charge in [0, 0.05) is 22.6 Å². The highest BCUT2D eigenvalue weighted by Gasteiger charge is 2.25. The molecule has 136 valence electrons. The Bertz CT molecular complexity index is 1060. The summed E-state index contributed by atoms with van der Waals surface area (Å²) in [5.41, 5.74) is 1.79. The lowest BCUT2D eigenvalue weighted by atomic mass is 10.0. The van der Waals surface area contributed by atoms with Crippen LogP contribution < -0.4 is 0 Å². The van der Waals surface area contributed by atoms with E-state index in [4.69, 9.17) is 11.6 Å². The molecular weight excluding hydrogens is 368 g/mol. The number of likely N-dealkylation sites (N-methyl/N-ethyl adjacent to an activating group) is 1. The lowest BCUT2D eigenvalue weighted by molar-refractivity contribution is 0.310. The number of fused-ring (bicyclic) bond motifs is 1. The molecule has 1 saturated heterocycles. The maximum Gasteiger partial charge on any atom is 0.268 e. The normalized spacial score (nSPS) is 18.6. The van der Waals surface area contributed by atoms with Crippen LogP contribution in [0.15, 0.2) is 59.6 Å². The van der Waals surface area contributed by atoms with Gasteiger partial charge in [-0.1, -0.05) is 35.9 Å². The van der Waals surface area contributed by atoms with Gasteiger partial charge in [0.25, 0.3) is 10.0 Å². The van der Waals surface area contributed by atoms with Gasteiger partial charge in [-0.05, 0) is 62.7 Å². The van der Waals surface area contributed by atoms with E-state index in [0.717, 1.165) is 30.3 Å². The second-order valence-electron chi connectivity index (χ2n) is 6.91. The summed E-state index contributed by atoms with van der Waals surface area (Å²) in [5.74, 6) is 0. The quantitative estimate of drug-likeness (QED) is 0.673. The smallest absolute Gasteiger partial charge is 0.268 e. The summed E-state index contributed by atoms with van der Waals surface area (Å²) in [4.78, 5) is 2.56. The maximum atomic E-state index is 13.2. The van der Waals surface area contributed by atoms with Crippen molar-refractivity contribution in [3.8, 4) is 0 Å². The predicted octanol–water partition coefficient (Wildman–Crippen LogP) is 4.17. The summed E-state index contributed by atoms with van der Waals surface area (Å²) < 4.78 is 27.8. The summed E-state index contributed by atoms with van der Waals surface area (Å²) in [5, 5.41) is 1.41. The van der Waals surface area contributed by atoms with Crippen LogP contribution in [0.25, 0.3) is 10.9 Å². The Kier molecular flexibility index (Phi) is 4.55. The number of hydrogen-bond acceptors (Lipinski definition) is 3. The molecule has 1 aliphatic rings. The zero-order valence-corrected chi connectivity index (χ0v) is 16.2. The topological polar surface area (TPSA) is 42.3 Å². The molecule has 2 aromatic carbocycles. The van der Waals surface area contributed by atoms with Gasteiger partial charge in [0.05, 0.1) is 10.4 Å². The van der Waals surface area contributed by atoms with Gasteiger partial charge in [0.2, 0.25) is 0 Å². The van der Waals surface area contributed by atoms with Crippen molar-refractivity contribution in [3.05, 3.63) is 65.3 Å². The summed E-state index contributed by atoms with van der Waals surface area (Å²) >= 11 is 6.01. The molecule has 1 aromatic heterocycles. The first-order valence-electron chi connectivity index (χ1n) is 8.77. The Morgan fingerprint density at radius 3 is 2.69 bits per heavy atom. The Balaban J connectivity index is 1.83. The molecule has 0 bridgehead atoms. The summed E-state index contributed by atoms with van der Waals surface area (Å²) in [6.45, 7) is 1.10. The number of aromatic nitrogens is 1. The second kappa shape index (κ2) is 6.72. The first-order valence-corrected chi connectivity index (χ1v) is 10.6. The van der Waals surface area contributed by atoms with Gasteiger partial charge in [-0.15, -0.1) is 0 Å². The zero-order valence-electron chi connectivity index (χ0n) is 14.6. The Morgan fingerprint density at radius 1 is 1.15 bits per heavy atom. The van der Waals surface area contributed by atoms with Gasteiger partial charge in [-0.2, -0.15) is 0 Å². The van der Waals surface area contributed by atoms with E-state index < -0.39 is 10.0 Å². The molecule has 0 N–H and O–H groups in total. The van der Waals surface area contributed by atoms with Crippen molar-refractivity contribution in [3.63, 3.8) is 0 Å². The van der Waals surface area contributed by atoms with Gasteiger partial charge in [0.1, 0.15) is 0 Å². The molecule has 4 rings (SSSR count). The van der Waals surface area contributed by atoms with E-state index in [1.54, 1.807) is 24.4 Å². The molecule has 0 aliphatic carbocycles. The molecule has 0 amide bonds. The number of benzene rings is 2. The fourth-order valence-corrected chi connectivity index (χ4v) is 5.50. The van der Waals surface area contributed by atoms with Crippen LogP contribution in [0.1, 0.15) is 18.4 Å². The first-order chi connectivity index (χ1) is 12.5. The minimum absolute atomic E-state index is 0.204. The van der Waals surface area contributed by atoms with Crippen molar-refractivity contribution >= 4 is 32.5 Å². The van der Waals surface area contributed by atoms with Crippen molar-refractivity contribution in [2.45, 2.75) is 30.2 Å². The monoisotopic (exact) mass is 388 g/mol. The van der Waals surface area contributed by atoms with Crippen LogP contribution in [0.4, 0.5) is 0 Å². The number of rotatable bonds is 4. The maximum absolute atomic E-state index is 13.2. The van der Waals surface area contributed by atoms with Crippen LogP contribution in [0.2, 0.25) is 5.02 Å². The molecule has 6 heteroatoms. The Hall–Kier alpha value is -1.82. The molecule has 4 nitrogen and oxygen atoms in total. The molecule has 0 saturated carbocycles. The lowest BCUT2D eigenvalue weighted by Gasteiger charge is -2.18. The molecule has 0 spiro atoms. The fourth-order valence-electron chi connectivity index (χ4n) is 3.81. The largest absolute Gasteiger partial charge is 0.303 e. The number of nitrogens with zero attached hydrogens (tertiary/aromatic N) is 2. The minimum Gasteiger partial charge on any atom is -0.303 e. The lowest BCUT2D eigenvalue weighted by Crippen LogP contribution is -2.26. The van der Waals surface area contributed by atoms with E-state index in [1.807, 2.05) is 24.3 Å². The molecule has 1 fully saturated rings. The second-order valence-corrected chi connectivity index (χ2v) is 9.16. The molecule has 2 heterocycles. The molecule has 0 unspecified atom stereocenters.